The van der Waals surface area contributed by atoms with Gasteiger partial charge in [0.2, 0.25) is 0 Å². The molecular formula is C23H14S. The molecule has 0 bridgehead atoms. The van der Waals surface area contributed by atoms with Crippen molar-refractivity contribution < 1.29 is 0 Å². The Labute approximate surface area is 144 Å². The number of benzene rings is 4. The molecule has 0 radical (unpaired) electrons. The molecule has 0 N–H and O–H groups in total. The van der Waals surface area contributed by atoms with Crippen molar-refractivity contribution in [3.8, 4) is 10.4 Å². The fraction of sp³-hybridized carbons (Fsp3) is 0.0435. The van der Waals surface area contributed by atoms with E-state index in [1.807, 2.05) is 11.3 Å². The predicted molar refractivity (Wildman–Crippen MR) is 105 cm³/mol. The highest BCUT2D eigenvalue weighted by molar-refractivity contribution is 7.22. The van der Waals surface area contributed by atoms with Crippen molar-refractivity contribution in [2.24, 2.45) is 0 Å². The molecule has 0 atom stereocenters. The Bertz CT molecular complexity index is 1270. The zero-order valence-electron chi connectivity index (χ0n) is 13.0. The third-order valence-electron chi connectivity index (χ3n) is 5.24. The lowest BCUT2D eigenvalue weighted by Crippen LogP contribution is -1.83. The minimum atomic E-state index is 1.06. The number of thiophene rings is 1. The van der Waals surface area contributed by atoms with Gasteiger partial charge in [-0.1, -0.05) is 54.6 Å². The van der Waals surface area contributed by atoms with E-state index in [0.717, 1.165) is 6.42 Å². The van der Waals surface area contributed by atoms with Crippen LogP contribution >= 0.6 is 11.3 Å². The first-order valence-corrected chi connectivity index (χ1v) is 9.15. The lowest BCUT2D eigenvalue weighted by atomic mass is 10.0. The van der Waals surface area contributed by atoms with E-state index in [4.69, 9.17) is 0 Å². The highest BCUT2D eigenvalue weighted by Gasteiger charge is 2.24. The van der Waals surface area contributed by atoms with E-state index in [-0.39, 0.29) is 0 Å². The maximum Gasteiger partial charge on any atom is 0.0393 e. The van der Waals surface area contributed by atoms with Gasteiger partial charge in [-0.2, -0.15) is 0 Å². The molecule has 0 nitrogen and oxygen atoms in total. The van der Waals surface area contributed by atoms with E-state index in [2.05, 4.69) is 72.8 Å². The summed E-state index contributed by atoms with van der Waals surface area (Å²) in [4.78, 5) is 1.47. The summed E-state index contributed by atoms with van der Waals surface area (Å²) in [6.07, 6.45) is 1.06. The van der Waals surface area contributed by atoms with Crippen LogP contribution in [0.15, 0.2) is 72.8 Å². The van der Waals surface area contributed by atoms with Crippen molar-refractivity contribution in [3.63, 3.8) is 0 Å². The molecule has 0 spiro atoms. The SMILES string of the molecule is c1ccc2cc3c(cc2c1)Cc1c-3sc2cc3ccccc3cc12. The molecule has 1 heteroatoms. The van der Waals surface area contributed by atoms with Crippen LogP contribution in [0.25, 0.3) is 42.1 Å². The summed E-state index contributed by atoms with van der Waals surface area (Å²) in [6.45, 7) is 0. The maximum atomic E-state index is 2.38. The first kappa shape index (κ1) is 12.7. The molecule has 1 heterocycles. The summed E-state index contributed by atoms with van der Waals surface area (Å²) in [5.41, 5.74) is 4.44. The van der Waals surface area contributed by atoms with Crippen LogP contribution in [-0.4, -0.2) is 0 Å². The molecular weight excluding hydrogens is 308 g/mol. The Morgan fingerprint density at radius 1 is 0.667 bits per heavy atom. The first-order valence-electron chi connectivity index (χ1n) is 8.33. The molecule has 0 fully saturated rings. The van der Waals surface area contributed by atoms with Gasteiger partial charge in [-0.05, 0) is 61.8 Å². The van der Waals surface area contributed by atoms with E-state index in [9.17, 15) is 0 Å². The largest absolute Gasteiger partial charge is 0.135 e. The Hall–Kier alpha value is -2.64. The third kappa shape index (κ3) is 1.63. The second-order valence-electron chi connectivity index (χ2n) is 6.64. The molecule has 1 aliphatic rings. The van der Waals surface area contributed by atoms with E-state index in [1.54, 1.807) is 0 Å². The molecule has 1 aromatic heterocycles. The molecule has 1 aliphatic carbocycles. The standard InChI is InChI=1S/C23H14S/c1-2-6-15-10-19-18(9-14(15)5-1)12-21-20-11-16-7-3-4-8-17(16)13-22(20)24-23(19)21/h1-11,13H,12H2. The van der Waals surface area contributed by atoms with Gasteiger partial charge in [0, 0.05) is 16.0 Å². The fourth-order valence-electron chi connectivity index (χ4n) is 4.06. The van der Waals surface area contributed by atoms with Gasteiger partial charge in [0.05, 0.1) is 0 Å². The number of fused-ring (bicyclic) bond motifs is 7. The van der Waals surface area contributed by atoms with E-state index >= 15 is 0 Å². The molecule has 24 heavy (non-hydrogen) atoms. The summed E-state index contributed by atoms with van der Waals surface area (Å²) in [7, 11) is 0. The van der Waals surface area contributed by atoms with Crippen LogP contribution in [0.1, 0.15) is 11.1 Å². The van der Waals surface area contributed by atoms with Crippen molar-refractivity contribution in [3.05, 3.63) is 83.9 Å². The van der Waals surface area contributed by atoms with Gasteiger partial charge < -0.3 is 0 Å². The summed E-state index contributed by atoms with van der Waals surface area (Å²) >= 11 is 1.95. The van der Waals surface area contributed by atoms with Crippen molar-refractivity contribution in [1.82, 2.24) is 0 Å². The average molecular weight is 322 g/mol. The lowest BCUT2D eigenvalue weighted by molar-refractivity contribution is 1.30. The topological polar surface area (TPSA) is 0 Å². The zero-order chi connectivity index (χ0) is 15.7. The highest BCUT2D eigenvalue weighted by Crippen LogP contribution is 2.48. The summed E-state index contributed by atoms with van der Waals surface area (Å²) < 4.78 is 1.41. The van der Waals surface area contributed by atoms with Gasteiger partial charge in [0.1, 0.15) is 0 Å². The average Bonchev–Trinajstić information content (AvgIpc) is 3.13. The van der Waals surface area contributed by atoms with Crippen LogP contribution in [0.2, 0.25) is 0 Å². The molecule has 0 unspecified atom stereocenters. The molecule has 6 rings (SSSR count). The van der Waals surface area contributed by atoms with Crippen LogP contribution in [0, 0.1) is 0 Å². The normalized spacial score (nSPS) is 12.8. The monoisotopic (exact) mass is 322 g/mol. The van der Waals surface area contributed by atoms with Crippen LogP contribution in [0.5, 0.6) is 0 Å². The smallest absolute Gasteiger partial charge is 0.0393 e. The van der Waals surface area contributed by atoms with Gasteiger partial charge in [0.15, 0.2) is 0 Å². The third-order valence-corrected chi connectivity index (χ3v) is 6.47. The lowest BCUT2D eigenvalue weighted by Gasteiger charge is -2.04. The highest BCUT2D eigenvalue weighted by atomic mass is 32.1. The van der Waals surface area contributed by atoms with Crippen molar-refractivity contribution in [2.75, 3.05) is 0 Å². The quantitative estimate of drug-likeness (QED) is 0.289. The van der Waals surface area contributed by atoms with Crippen LogP contribution in [-0.2, 0) is 6.42 Å². The maximum absolute atomic E-state index is 2.38. The second-order valence-corrected chi connectivity index (χ2v) is 7.69. The molecule has 0 saturated carbocycles. The van der Waals surface area contributed by atoms with Crippen molar-refractivity contribution in [2.45, 2.75) is 6.42 Å². The minimum absolute atomic E-state index is 1.06. The van der Waals surface area contributed by atoms with Gasteiger partial charge in [-0.3, -0.25) is 0 Å². The fourth-order valence-corrected chi connectivity index (χ4v) is 5.37. The first-order chi connectivity index (χ1) is 11.9. The van der Waals surface area contributed by atoms with Gasteiger partial charge in [-0.15, -0.1) is 11.3 Å². The summed E-state index contributed by atoms with van der Waals surface area (Å²) in [5.74, 6) is 0. The van der Waals surface area contributed by atoms with Crippen LogP contribution in [0.3, 0.4) is 0 Å². The Morgan fingerprint density at radius 2 is 1.29 bits per heavy atom. The molecule has 112 valence electrons. The zero-order valence-corrected chi connectivity index (χ0v) is 13.9. The Balaban J connectivity index is 1.68. The van der Waals surface area contributed by atoms with Crippen LogP contribution in [0.4, 0.5) is 0 Å². The summed E-state index contributed by atoms with van der Waals surface area (Å²) in [6, 6.07) is 26.9. The van der Waals surface area contributed by atoms with Gasteiger partial charge in [0.25, 0.3) is 0 Å². The molecule has 0 saturated heterocycles. The predicted octanol–water partition coefficient (Wildman–Crippen LogP) is 6.78. The van der Waals surface area contributed by atoms with Crippen molar-refractivity contribution >= 4 is 43.0 Å². The molecule has 4 aromatic carbocycles. The molecule has 0 amide bonds. The summed E-state index contributed by atoms with van der Waals surface area (Å²) in [5, 5.41) is 6.80. The number of hydrogen-bond donors (Lipinski definition) is 0. The van der Waals surface area contributed by atoms with Gasteiger partial charge in [-0.25, -0.2) is 0 Å². The van der Waals surface area contributed by atoms with Gasteiger partial charge >= 0.3 is 0 Å². The Kier molecular flexibility index (Phi) is 2.37. The van der Waals surface area contributed by atoms with Crippen molar-refractivity contribution in [1.29, 1.82) is 0 Å². The minimum Gasteiger partial charge on any atom is -0.135 e. The number of rotatable bonds is 0. The van der Waals surface area contributed by atoms with E-state index < -0.39 is 0 Å². The number of hydrogen-bond acceptors (Lipinski definition) is 1. The van der Waals surface area contributed by atoms with Crippen LogP contribution < -0.4 is 0 Å². The Morgan fingerprint density at radius 3 is 2.04 bits per heavy atom. The second kappa shape index (κ2) is 4.46. The van der Waals surface area contributed by atoms with E-state index in [0.29, 0.717) is 0 Å². The molecule has 0 aliphatic heterocycles. The van der Waals surface area contributed by atoms with E-state index in [1.165, 1.54) is 53.2 Å². The molecule has 5 aromatic rings.